The maximum absolute atomic E-state index is 12.0. The smallest absolute Gasteiger partial charge is 0.275 e. The molecule has 24 heavy (non-hydrogen) atoms. The summed E-state index contributed by atoms with van der Waals surface area (Å²) in [6, 6.07) is 4.00. The van der Waals surface area contributed by atoms with Crippen LogP contribution in [0.2, 0.25) is 0 Å². The van der Waals surface area contributed by atoms with E-state index in [1.165, 1.54) is 20.9 Å². The van der Waals surface area contributed by atoms with E-state index in [0.29, 0.717) is 12.3 Å². The number of amides is 2. The van der Waals surface area contributed by atoms with Crippen molar-refractivity contribution < 1.29 is 24.0 Å². The molecule has 7 heteroatoms. The summed E-state index contributed by atoms with van der Waals surface area (Å²) in [5.74, 6) is 1.22. The fourth-order valence-electron chi connectivity index (χ4n) is 2.80. The Balaban J connectivity index is 1.95. The van der Waals surface area contributed by atoms with E-state index in [0.717, 1.165) is 25.3 Å². The SMILES string of the molecule is COc1cc2c(cc1OC)C[NH+](CC(=O)NCC(=O)N(C)C)CC2. The second kappa shape index (κ2) is 8.01. The highest BCUT2D eigenvalue weighted by Gasteiger charge is 2.24. The third-order valence-corrected chi connectivity index (χ3v) is 4.24. The first-order chi connectivity index (χ1) is 11.4. The summed E-state index contributed by atoms with van der Waals surface area (Å²) in [6.07, 6.45) is 0.884. The Hall–Kier alpha value is -2.28. The van der Waals surface area contributed by atoms with Crippen LogP contribution < -0.4 is 19.7 Å². The summed E-state index contributed by atoms with van der Waals surface area (Å²) < 4.78 is 10.7. The van der Waals surface area contributed by atoms with Crippen LogP contribution in [0.4, 0.5) is 0 Å². The van der Waals surface area contributed by atoms with Gasteiger partial charge in [-0.1, -0.05) is 0 Å². The number of quaternary nitrogens is 1. The van der Waals surface area contributed by atoms with Gasteiger partial charge in [0.2, 0.25) is 5.91 Å². The van der Waals surface area contributed by atoms with Crippen molar-refractivity contribution in [2.75, 3.05) is 47.9 Å². The normalized spacial score (nSPS) is 16.1. The van der Waals surface area contributed by atoms with Gasteiger partial charge in [-0.05, 0) is 17.7 Å². The lowest BCUT2D eigenvalue weighted by Crippen LogP contribution is -3.12. The van der Waals surface area contributed by atoms with Crippen molar-refractivity contribution >= 4 is 11.8 Å². The molecule has 1 atom stereocenters. The number of rotatable bonds is 6. The molecule has 0 aromatic heterocycles. The molecule has 1 aliphatic heterocycles. The van der Waals surface area contributed by atoms with Gasteiger partial charge in [-0.2, -0.15) is 0 Å². The molecular weight excluding hydrogens is 310 g/mol. The van der Waals surface area contributed by atoms with E-state index < -0.39 is 0 Å². The summed E-state index contributed by atoms with van der Waals surface area (Å²) in [6.45, 7) is 2.03. The maximum atomic E-state index is 12.0. The highest BCUT2D eigenvalue weighted by molar-refractivity contribution is 5.84. The van der Waals surface area contributed by atoms with Crippen molar-refractivity contribution in [1.29, 1.82) is 0 Å². The number of hydrogen-bond acceptors (Lipinski definition) is 4. The number of likely N-dealkylation sites (N-methyl/N-ethyl adjacent to an activating group) is 1. The third-order valence-electron chi connectivity index (χ3n) is 4.24. The van der Waals surface area contributed by atoms with E-state index in [2.05, 4.69) is 5.32 Å². The number of methoxy groups -OCH3 is 2. The molecule has 0 aliphatic carbocycles. The first kappa shape index (κ1) is 18.1. The molecule has 1 aromatic rings. The number of hydrogen-bond donors (Lipinski definition) is 2. The Morgan fingerprint density at radius 2 is 1.79 bits per heavy atom. The second-order valence-corrected chi connectivity index (χ2v) is 6.14. The van der Waals surface area contributed by atoms with Gasteiger partial charge in [0, 0.05) is 26.1 Å². The van der Waals surface area contributed by atoms with Crippen molar-refractivity contribution in [2.24, 2.45) is 0 Å². The number of nitrogens with one attached hydrogen (secondary N) is 2. The standard InChI is InChI=1S/C17H25N3O4/c1-19(2)17(22)9-18-16(21)11-20-6-5-12-7-14(23-3)15(24-4)8-13(12)10-20/h7-8H,5-6,9-11H2,1-4H3,(H,18,21)/p+1. The molecule has 1 aliphatic rings. The van der Waals surface area contributed by atoms with Gasteiger partial charge in [-0.3, -0.25) is 9.59 Å². The molecule has 1 heterocycles. The highest BCUT2D eigenvalue weighted by Crippen LogP contribution is 2.31. The predicted octanol–water partition coefficient (Wildman–Crippen LogP) is -1.15. The van der Waals surface area contributed by atoms with Crippen LogP contribution in [0.1, 0.15) is 11.1 Å². The Bertz CT molecular complexity index is 616. The Kier molecular flexibility index (Phi) is 6.03. The Morgan fingerprint density at radius 3 is 2.38 bits per heavy atom. The number of benzene rings is 1. The summed E-state index contributed by atoms with van der Waals surface area (Å²) in [5.41, 5.74) is 2.41. The fourth-order valence-corrected chi connectivity index (χ4v) is 2.80. The van der Waals surface area contributed by atoms with Gasteiger partial charge in [0.05, 0.1) is 27.3 Å². The molecule has 132 valence electrons. The first-order valence-electron chi connectivity index (χ1n) is 7.98. The topological polar surface area (TPSA) is 72.3 Å². The zero-order valence-corrected chi connectivity index (χ0v) is 14.8. The lowest BCUT2D eigenvalue weighted by atomic mass is 9.99. The molecule has 1 unspecified atom stereocenters. The van der Waals surface area contributed by atoms with Crippen LogP contribution in [-0.2, 0) is 22.6 Å². The van der Waals surface area contributed by atoms with Gasteiger partial charge < -0.3 is 24.6 Å². The predicted molar refractivity (Wildman–Crippen MR) is 89.4 cm³/mol. The van der Waals surface area contributed by atoms with Crippen LogP contribution in [0, 0.1) is 0 Å². The van der Waals surface area contributed by atoms with Gasteiger partial charge in [0.15, 0.2) is 18.0 Å². The van der Waals surface area contributed by atoms with Crippen LogP contribution in [0.3, 0.4) is 0 Å². The molecule has 0 spiro atoms. The summed E-state index contributed by atoms with van der Waals surface area (Å²) in [4.78, 5) is 26.2. The molecule has 2 amide bonds. The molecule has 2 rings (SSSR count). The van der Waals surface area contributed by atoms with Crippen molar-refractivity contribution in [3.63, 3.8) is 0 Å². The van der Waals surface area contributed by atoms with E-state index in [1.807, 2.05) is 12.1 Å². The summed E-state index contributed by atoms with van der Waals surface area (Å²) in [7, 11) is 6.59. The molecule has 2 N–H and O–H groups in total. The quantitative estimate of drug-likeness (QED) is 0.688. The van der Waals surface area contributed by atoms with Gasteiger partial charge in [0.25, 0.3) is 5.91 Å². The number of carbonyl (C=O) groups excluding carboxylic acids is 2. The minimum Gasteiger partial charge on any atom is -0.493 e. The minimum atomic E-state index is -0.112. The lowest BCUT2D eigenvalue weighted by Gasteiger charge is -2.26. The highest BCUT2D eigenvalue weighted by atomic mass is 16.5. The van der Waals surface area contributed by atoms with Gasteiger partial charge in [-0.15, -0.1) is 0 Å². The summed E-state index contributed by atoms with van der Waals surface area (Å²) in [5, 5.41) is 2.68. The first-order valence-corrected chi connectivity index (χ1v) is 7.98. The van der Waals surface area contributed by atoms with Gasteiger partial charge in [-0.25, -0.2) is 0 Å². The van der Waals surface area contributed by atoms with Crippen LogP contribution in [0.15, 0.2) is 12.1 Å². The average molecular weight is 336 g/mol. The second-order valence-electron chi connectivity index (χ2n) is 6.14. The zero-order chi connectivity index (χ0) is 17.7. The zero-order valence-electron chi connectivity index (χ0n) is 14.8. The molecule has 0 saturated heterocycles. The molecule has 1 aromatic carbocycles. The largest absolute Gasteiger partial charge is 0.493 e. The van der Waals surface area contributed by atoms with Crippen molar-refractivity contribution in [2.45, 2.75) is 13.0 Å². The number of fused-ring (bicyclic) bond motifs is 1. The summed E-state index contributed by atoms with van der Waals surface area (Å²) >= 11 is 0. The van der Waals surface area contributed by atoms with E-state index >= 15 is 0 Å². The van der Waals surface area contributed by atoms with Crippen LogP contribution in [-0.4, -0.2) is 64.7 Å². The van der Waals surface area contributed by atoms with Gasteiger partial charge >= 0.3 is 0 Å². The monoisotopic (exact) mass is 336 g/mol. The fraction of sp³-hybridized carbons (Fsp3) is 0.529. The Morgan fingerprint density at radius 1 is 1.17 bits per heavy atom. The lowest BCUT2D eigenvalue weighted by molar-refractivity contribution is -0.908. The third kappa shape index (κ3) is 4.38. The van der Waals surface area contributed by atoms with Crippen LogP contribution in [0.5, 0.6) is 11.5 Å². The molecule has 7 nitrogen and oxygen atoms in total. The molecule has 0 bridgehead atoms. The number of ether oxygens (including phenoxy) is 2. The van der Waals surface area contributed by atoms with E-state index in [4.69, 9.17) is 9.47 Å². The van der Waals surface area contributed by atoms with E-state index in [9.17, 15) is 9.59 Å². The van der Waals surface area contributed by atoms with Crippen molar-refractivity contribution in [1.82, 2.24) is 10.2 Å². The van der Waals surface area contributed by atoms with Crippen molar-refractivity contribution in [3.8, 4) is 11.5 Å². The number of nitrogens with zero attached hydrogens (tertiary/aromatic N) is 1. The van der Waals surface area contributed by atoms with Gasteiger partial charge in [0.1, 0.15) is 6.54 Å². The van der Waals surface area contributed by atoms with Crippen LogP contribution >= 0.6 is 0 Å². The molecule has 0 saturated carbocycles. The maximum Gasteiger partial charge on any atom is 0.275 e. The minimum absolute atomic E-state index is 0.0424. The Labute approximate surface area is 142 Å². The average Bonchev–Trinajstić information content (AvgIpc) is 2.58. The molecular formula is C17H26N3O4+. The van der Waals surface area contributed by atoms with E-state index in [1.54, 1.807) is 28.3 Å². The van der Waals surface area contributed by atoms with E-state index in [-0.39, 0.29) is 18.4 Å². The molecule has 0 radical (unpaired) electrons. The molecule has 0 fully saturated rings. The van der Waals surface area contributed by atoms with Crippen molar-refractivity contribution in [3.05, 3.63) is 23.3 Å². The van der Waals surface area contributed by atoms with Crippen LogP contribution in [0.25, 0.3) is 0 Å². The number of carbonyl (C=O) groups is 2.